The number of rotatable bonds is 1. The van der Waals surface area contributed by atoms with E-state index in [1.54, 1.807) is 0 Å². The minimum Gasteiger partial charge on any atom is -0.0587 e. The van der Waals surface area contributed by atoms with E-state index in [0.29, 0.717) is 0 Å². The van der Waals surface area contributed by atoms with Crippen LogP contribution < -0.4 is 0 Å². The summed E-state index contributed by atoms with van der Waals surface area (Å²) in [4.78, 5) is 0. The molecular weight excluding hydrogens is 247 g/mol. The van der Waals surface area contributed by atoms with Gasteiger partial charge in [0, 0.05) is 0 Å². The second kappa shape index (κ2) is 3.90. The molecule has 1 heteroatoms. The Bertz CT molecular complexity index is 253. The van der Waals surface area contributed by atoms with Gasteiger partial charge in [0.1, 0.15) is 0 Å². The van der Waals surface area contributed by atoms with Crippen LogP contribution in [0.5, 0.6) is 0 Å². The second-order valence-corrected chi connectivity index (χ2v) is 4.34. The van der Waals surface area contributed by atoms with Gasteiger partial charge in [-0.1, -0.05) is 29.8 Å². The van der Waals surface area contributed by atoms with E-state index in [2.05, 4.69) is 66.8 Å². The van der Waals surface area contributed by atoms with Crippen LogP contribution in [0.1, 0.15) is 18.1 Å². The van der Waals surface area contributed by atoms with Gasteiger partial charge in [0.25, 0.3) is 0 Å². The number of halogens is 1. The third-order valence-electron chi connectivity index (χ3n) is 1.44. The van der Waals surface area contributed by atoms with Crippen LogP contribution in [0.25, 0.3) is 6.08 Å². The fourth-order valence-corrected chi connectivity index (χ4v) is 1.25. The second-order valence-electron chi connectivity index (χ2n) is 2.64. The Balaban J connectivity index is 2.91. The monoisotopic (exact) mass is 258 g/mol. The lowest BCUT2D eigenvalue weighted by molar-refractivity contribution is 1.46. The van der Waals surface area contributed by atoms with E-state index in [1.807, 2.05) is 0 Å². The van der Waals surface area contributed by atoms with E-state index >= 15 is 0 Å². The zero-order valence-corrected chi connectivity index (χ0v) is 8.92. The standard InChI is InChI=1S/C10H11I/c1-8-3-5-10(6-4-8)7-9(2)11/h3-7H,1-2H3/b9-7+. The highest BCUT2D eigenvalue weighted by Crippen LogP contribution is 2.11. The van der Waals surface area contributed by atoms with E-state index in [9.17, 15) is 0 Å². The maximum atomic E-state index is 2.32. The molecule has 0 spiro atoms. The van der Waals surface area contributed by atoms with Crippen LogP contribution in [0.3, 0.4) is 0 Å². The third kappa shape index (κ3) is 3.06. The molecule has 0 aliphatic carbocycles. The lowest BCUT2D eigenvalue weighted by Crippen LogP contribution is -1.73. The largest absolute Gasteiger partial charge is 0.0587 e. The van der Waals surface area contributed by atoms with Crippen molar-refractivity contribution >= 4 is 28.7 Å². The van der Waals surface area contributed by atoms with Crippen LogP contribution in [0.15, 0.2) is 27.8 Å². The first kappa shape index (κ1) is 8.78. The molecule has 0 N–H and O–H groups in total. The van der Waals surface area contributed by atoms with Crippen molar-refractivity contribution in [2.45, 2.75) is 13.8 Å². The van der Waals surface area contributed by atoms with Crippen LogP contribution in [0, 0.1) is 6.92 Å². The van der Waals surface area contributed by atoms with Crippen LogP contribution in [0.4, 0.5) is 0 Å². The predicted octanol–water partition coefficient (Wildman–Crippen LogP) is 3.79. The SMILES string of the molecule is C/C(I)=C\c1ccc(C)cc1. The van der Waals surface area contributed by atoms with E-state index < -0.39 is 0 Å². The topological polar surface area (TPSA) is 0 Å². The van der Waals surface area contributed by atoms with E-state index in [0.717, 1.165) is 0 Å². The molecule has 1 aromatic carbocycles. The van der Waals surface area contributed by atoms with Crippen molar-refractivity contribution in [3.8, 4) is 0 Å². The molecule has 0 saturated heterocycles. The maximum Gasteiger partial charge on any atom is -0.0119 e. The zero-order chi connectivity index (χ0) is 8.27. The Morgan fingerprint density at radius 3 is 2.27 bits per heavy atom. The van der Waals surface area contributed by atoms with Gasteiger partial charge in [-0.3, -0.25) is 0 Å². The molecule has 0 aliphatic rings. The number of allylic oxidation sites excluding steroid dienone is 1. The normalized spacial score (nSPS) is 11.7. The third-order valence-corrected chi connectivity index (χ3v) is 1.75. The Morgan fingerprint density at radius 1 is 1.27 bits per heavy atom. The van der Waals surface area contributed by atoms with Crippen molar-refractivity contribution in [2.75, 3.05) is 0 Å². The van der Waals surface area contributed by atoms with Gasteiger partial charge >= 0.3 is 0 Å². The van der Waals surface area contributed by atoms with Crippen LogP contribution in [-0.2, 0) is 0 Å². The van der Waals surface area contributed by atoms with Crippen molar-refractivity contribution in [1.29, 1.82) is 0 Å². The maximum absolute atomic E-state index is 2.32. The quantitative estimate of drug-likeness (QED) is 0.672. The van der Waals surface area contributed by atoms with Gasteiger partial charge in [-0.15, -0.1) is 0 Å². The summed E-state index contributed by atoms with van der Waals surface area (Å²) in [6, 6.07) is 8.53. The van der Waals surface area contributed by atoms with Gasteiger partial charge < -0.3 is 0 Å². The first-order valence-corrected chi connectivity index (χ1v) is 4.67. The molecule has 1 aromatic rings. The molecule has 0 fully saturated rings. The Kier molecular flexibility index (Phi) is 3.12. The molecule has 0 aromatic heterocycles. The summed E-state index contributed by atoms with van der Waals surface area (Å²) in [5, 5.41) is 0. The van der Waals surface area contributed by atoms with Crippen molar-refractivity contribution in [3.05, 3.63) is 39.0 Å². The number of hydrogen-bond acceptors (Lipinski definition) is 0. The van der Waals surface area contributed by atoms with Gasteiger partial charge in [0.2, 0.25) is 0 Å². The summed E-state index contributed by atoms with van der Waals surface area (Å²) in [7, 11) is 0. The highest BCUT2D eigenvalue weighted by Gasteiger charge is 1.86. The molecule has 0 atom stereocenters. The van der Waals surface area contributed by atoms with Crippen molar-refractivity contribution in [1.82, 2.24) is 0 Å². The fourth-order valence-electron chi connectivity index (χ4n) is 0.892. The number of hydrogen-bond donors (Lipinski definition) is 0. The Hall–Kier alpha value is -0.310. The average Bonchev–Trinajstić information content (AvgIpc) is 1.93. The molecule has 0 saturated carbocycles. The highest BCUT2D eigenvalue weighted by molar-refractivity contribution is 14.1. The smallest absolute Gasteiger partial charge is 0.0119 e. The number of aryl methyl sites for hydroxylation is 1. The minimum atomic E-state index is 1.28. The summed E-state index contributed by atoms with van der Waals surface area (Å²) in [5.41, 5.74) is 2.59. The van der Waals surface area contributed by atoms with Crippen molar-refractivity contribution < 1.29 is 0 Å². The van der Waals surface area contributed by atoms with Crippen LogP contribution in [0.2, 0.25) is 0 Å². The number of benzene rings is 1. The molecule has 0 radical (unpaired) electrons. The van der Waals surface area contributed by atoms with Gasteiger partial charge in [-0.25, -0.2) is 0 Å². The molecule has 0 unspecified atom stereocenters. The van der Waals surface area contributed by atoms with E-state index in [-0.39, 0.29) is 0 Å². The first-order valence-electron chi connectivity index (χ1n) is 3.59. The molecule has 0 bridgehead atoms. The van der Waals surface area contributed by atoms with Crippen molar-refractivity contribution in [3.63, 3.8) is 0 Å². The van der Waals surface area contributed by atoms with E-state index in [1.165, 1.54) is 14.7 Å². The van der Waals surface area contributed by atoms with Gasteiger partial charge in [-0.05, 0) is 51.7 Å². The summed E-state index contributed by atoms with van der Waals surface area (Å²) < 4.78 is 1.31. The van der Waals surface area contributed by atoms with Gasteiger partial charge in [-0.2, -0.15) is 0 Å². The lowest BCUT2D eigenvalue weighted by atomic mass is 10.1. The molecule has 1 rings (SSSR count). The highest BCUT2D eigenvalue weighted by atomic mass is 127. The summed E-state index contributed by atoms with van der Waals surface area (Å²) in [5.74, 6) is 0. The summed E-state index contributed by atoms with van der Waals surface area (Å²) >= 11 is 2.32. The Morgan fingerprint density at radius 2 is 1.82 bits per heavy atom. The first-order chi connectivity index (χ1) is 5.18. The molecule has 0 heterocycles. The molecule has 58 valence electrons. The van der Waals surface area contributed by atoms with E-state index in [4.69, 9.17) is 0 Å². The lowest BCUT2D eigenvalue weighted by Gasteiger charge is -1.94. The van der Waals surface area contributed by atoms with Gasteiger partial charge in [0.05, 0.1) is 0 Å². The molecule has 0 aliphatic heterocycles. The minimum absolute atomic E-state index is 1.28. The van der Waals surface area contributed by atoms with Crippen LogP contribution in [-0.4, -0.2) is 0 Å². The van der Waals surface area contributed by atoms with Gasteiger partial charge in [0.15, 0.2) is 0 Å². The summed E-state index contributed by atoms with van der Waals surface area (Å²) in [6.45, 7) is 4.20. The Labute approximate surface area is 81.5 Å². The average molecular weight is 258 g/mol. The molecule has 11 heavy (non-hydrogen) atoms. The fraction of sp³-hybridized carbons (Fsp3) is 0.200. The van der Waals surface area contributed by atoms with Crippen LogP contribution >= 0.6 is 22.6 Å². The van der Waals surface area contributed by atoms with Crippen molar-refractivity contribution in [2.24, 2.45) is 0 Å². The molecule has 0 amide bonds. The zero-order valence-electron chi connectivity index (χ0n) is 6.76. The predicted molar refractivity (Wildman–Crippen MR) is 58.9 cm³/mol. The molecular formula is C10H11I. The molecule has 0 nitrogen and oxygen atoms in total. The summed E-state index contributed by atoms with van der Waals surface area (Å²) in [6.07, 6.45) is 2.17.